The highest BCUT2D eigenvalue weighted by Crippen LogP contribution is 2.44. The van der Waals surface area contributed by atoms with Crippen LogP contribution >= 0.6 is 34.8 Å². The van der Waals surface area contributed by atoms with Gasteiger partial charge in [-0.15, -0.1) is 0 Å². The first-order valence-corrected chi connectivity index (χ1v) is 19.0. The van der Waals surface area contributed by atoms with E-state index in [9.17, 15) is 26.4 Å². The molecule has 0 atom stereocenters. The zero-order chi connectivity index (χ0) is 38.2. The summed E-state index contributed by atoms with van der Waals surface area (Å²) in [5.74, 6) is -2.02. The van der Waals surface area contributed by atoms with Gasteiger partial charge in [-0.25, -0.2) is 18.2 Å². The first-order chi connectivity index (χ1) is 25.0. The third kappa shape index (κ3) is 8.49. The number of carbonyl (C=O) groups is 2. The summed E-state index contributed by atoms with van der Waals surface area (Å²) in [5, 5.41) is 8.51. The molecular weight excluding hydrogens is 776 g/mol. The van der Waals surface area contributed by atoms with Gasteiger partial charge in [0.15, 0.2) is 0 Å². The first kappa shape index (κ1) is 38.6. The van der Waals surface area contributed by atoms with Gasteiger partial charge in [-0.05, 0) is 97.0 Å². The van der Waals surface area contributed by atoms with Crippen molar-refractivity contribution >= 4 is 67.7 Å². The van der Waals surface area contributed by atoms with Crippen LogP contribution in [0.3, 0.4) is 0 Å². The minimum atomic E-state index is -5.08. The van der Waals surface area contributed by atoms with Crippen LogP contribution in [0.15, 0.2) is 89.8 Å². The molecule has 1 aliphatic carbocycles. The number of carboxylic acid groups (broad SMARTS) is 1. The number of primary amides is 1. The number of imidazole rings is 1. The summed E-state index contributed by atoms with van der Waals surface area (Å²) >= 11 is 18.7. The van der Waals surface area contributed by atoms with E-state index in [4.69, 9.17) is 55.4 Å². The number of aromatic nitrogens is 2. The van der Waals surface area contributed by atoms with Crippen LogP contribution in [0.1, 0.15) is 76.4 Å². The summed E-state index contributed by atoms with van der Waals surface area (Å²) in [4.78, 5) is 25.6. The zero-order valence-electron chi connectivity index (χ0n) is 27.7. The Morgan fingerprint density at radius 3 is 1.81 bits per heavy atom. The van der Waals surface area contributed by atoms with Crippen LogP contribution in [0.25, 0.3) is 11.0 Å². The lowest BCUT2D eigenvalue weighted by atomic mass is 9.85. The Bertz CT molecular complexity index is 2230. The number of sulfonamides is 1. The molecule has 2 aliphatic rings. The summed E-state index contributed by atoms with van der Waals surface area (Å²) in [6.07, 6.45) is -1.60. The maximum absolute atomic E-state index is 13.6. The number of alkyl halides is 3. The fourth-order valence-electron chi connectivity index (χ4n) is 6.56. The second kappa shape index (κ2) is 15.3. The summed E-state index contributed by atoms with van der Waals surface area (Å²) in [6.45, 7) is 0.702. The summed E-state index contributed by atoms with van der Waals surface area (Å²) in [5.41, 5.74) is 10.8. The van der Waals surface area contributed by atoms with Gasteiger partial charge in [0.25, 0.3) is 0 Å². The summed E-state index contributed by atoms with van der Waals surface area (Å²) in [6, 6.07) is 26.5. The van der Waals surface area contributed by atoms with E-state index in [0.717, 1.165) is 46.4 Å². The number of rotatable bonds is 8. The minimum absolute atomic E-state index is 0.0220. The van der Waals surface area contributed by atoms with E-state index < -0.39 is 28.1 Å². The first-order valence-electron chi connectivity index (χ1n) is 16.5. The number of nitrogens with two attached hydrogens (primary N) is 1. The molecular formula is C37H32Cl3F3N4O5S. The molecule has 1 aromatic heterocycles. The number of amides is 1. The van der Waals surface area contributed by atoms with Crippen molar-refractivity contribution in [3.05, 3.63) is 128 Å². The summed E-state index contributed by atoms with van der Waals surface area (Å²) < 4.78 is 62.7. The predicted molar refractivity (Wildman–Crippen MR) is 196 cm³/mol. The van der Waals surface area contributed by atoms with Gasteiger partial charge in [-0.1, -0.05) is 65.1 Å². The maximum Gasteiger partial charge on any atom is 0.490 e. The average molecular weight is 808 g/mol. The van der Waals surface area contributed by atoms with E-state index in [-0.39, 0.29) is 27.4 Å². The van der Waals surface area contributed by atoms with Crippen molar-refractivity contribution < 1.29 is 36.3 Å². The Labute approximate surface area is 318 Å². The van der Waals surface area contributed by atoms with Crippen LogP contribution in [-0.4, -0.2) is 58.5 Å². The number of hydrogen-bond acceptors (Lipinski definition) is 5. The number of halogens is 6. The van der Waals surface area contributed by atoms with Crippen LogP contribution in [0.4, 0.5) is 13.2 Å². The van der Waals surface area contributed by atoms with E-state index in [1.165, 1.54) is 22.5 Å². The van der Waals surface area contributed by atoms with Crippen LogP contribution in [0.5, 0.6) is 0 Å². The lowest BCUT2D eigenvalue weighted by Gasteiger charge is -2.33. The molecule has 5 aromatic rings. The SMILES string of the molecule is NC(=O)c1ccc(S(=O)(=O)N2CCC(n3c(C4CC4)nc4ccc(C(c5ccc(Cl)cc5)c5ccc(Cl)cc5)cc43)CC2)cc1Cl.O=C(O)C(F)(F)F. The van der Waals surface area contributed by atoms with Gasteiger partial charge in [-0.3, -0.25) is 4.79 Å². The number of carboxylic acids is 1. The molecule has 2 heterocycles. The van der Waals surface area contributed by atoms with E-state index in [1.807, 2.05) is 24.3 Å². The molecule has 0 unspecified atom stereocenters. The van der Waals surface area contributed by atoms with Crippen LogP contribution < -0.4 is 5.73 Å². The smallest absolute Gasteiger partial charge is 0.475 e. The molecule has 16 heteroatoms. The highest BCUT2D eigenvalue weighted by molar-refractivity contribution is 7.89. The van der Waals surface area contributed by atoms with Crippen molar-refractivity contribution in [2.75, 3.05) is 13.1 Å². The van der Waals surface area contributed by atoms with Gasteiger partial charge >= 0.3 is 12.1 Å². The number of nitrogens with zero attached hydrogens (tertiary/aromatic N) is 3. The molecule has 278 valence electrons. The normalized spacial score (nSPS) is 15.7. The number of fused-ring (bicyclic) bond motifs is 1. The van der Waals surface area contributed by atoms with Crippen LogP contribution in [0, 0.1) is 0 Å². The van der Waals surface area contributed by atoms with Crippen molar-refractivity contribution in [3.63, 3.8) is 0 Å². The number of aliphatic carboxylic acids is 1. The Hall–Kier alpha value is -4.14. The minimum Gasteiger partial charge on any atom is -0.475 e. The Morgan fingerprint density at radius 2 is 1.34 bits per heavy atom. The van der Waals surface area contributed by atoms with E-state index in [0.29, 0.717) is 41.9 Å². The van der Waals surface area contributed by atoms with Gasteiger partial charge in [0.1, 0.15) is 5.82 Å². The molecule has 3 N–H and O–H groups in total. The highest BCUT2D eigenvalue weighted by Gasteiger charge is 2.38. The summed E-state index contributed by atoms with van der Waals surface area (Å²) in [7, 11) is -3.81. The monoisotopic (exact) mass is 806 g/mol. The number of hydrogen-bond donors (Lipinski definition) is 2. The largest absolute Gasteiger partial charge is 0.490 e. The molecule has 0 spiro atoms. The van der Waals surface area contributed by atoms with Gasteiger partial charge < -0.3 is 15.4 Å². The molecule has 0 radical (unpaired) electrons. The number of piperidine rings is 1. The van der Waals surface area contributed by atoms with Crippen molar-refractivity contribution in [3.8, 4) is 0 Å². The quantitative estimate of drug-likeness (QED) is 0.151. The number of carbonyl (C=O) groups excluding carboxylic acids is 1. The van der Waals surface area contributed by atoms with Crippen molar-refractivity contribution in [1.82, 2.24) is 13.9 Å². The van der Waals surface area contributed by atoms with Crippen LogP contribution in [-0.2, 0) is 14.8 Å². The molecule has 0 bridgehead atoms. The van der Waals surface area contributed by atoms with Crippen molar-refractivity contribution in [2.24, 2.45) is 5.73 Å². The van der Waals surface area contributed by atoms with E-state index >= 15 is 0 Å². The Balaban J connectivity index is 0.000000626. The molecule has 1 saturated carbocycles. The fraction of sp³-hybridized carbons (Fsp3) is 0.270. The predicted octanol–water partition coefficient (Wildman–Crippen LogP) is 8.81. The van der Waals surface area contributed by atoms with Gasteiger partial charge in [0, 0.05) is 41.0 Å². The molecule has 1 saturated heterocycles. The van der Waals surface area contributed by atoms with Gasteiger partial charge in [-0.2, -0.15) is 17.5 Å². The highest BCUT2D eigenvalue weighted by atomic mass is 35.5. The maximum atomic E-state index is 13.6. The Morgan fingerprint density at radius 1 is 0.811 bits per heavy atom. The van der Waals surface area contributed by atoms with E-state index in [1.54, 1.807) is 0 Å². The third-order valence-corrected chi connectivity index (χ3v) is 12.0. The standard InChI is InChI=1S/C35H31Cl3N4O3S.C2HF3O2/c36-25-8-3-21(4-9-25)33(22-5-10-26(37)11-6-22)24-7-14-31-32(19-24)42(35(40-31)23-1-2-23)27-15-17-41(18-16-27)46(44,45)28-12-13-29(34(39)43)30(38)20-28;3-2(4,5)1(6)7/h3-14,19-20,23,27,33H,1-2,15-18H2,(H2,39,43);(H,6,7). The van der Waals surface area contributed by atoms with Crippen molar-refractivity contribution in [2.45, 2.75) is 54.6 Å². The average Bonchev–Trinajstić information content (AvgIpc) is 3.89. The second-order valence-corrected chi connectivity index (χ2v) is 16.1. The van der Waals surface area contributed by atoms with Gasteiger partial charge in [0.05, 0.1) is 26.5 Å². The fourth-order valence-corrected chi connectivity index (χ4v) is 8.64. The molecule has 53 heavy (non-hydrogen) atoms. The zero-order valence-corrected chi connectivity index (χ0v) is 30.8. The van der Waals surface area contributed by atoms with Crippen molar-refractivity contribution in [1.29, 1.82) is 0 Å². The molecule has 4 aromatic carbocycles. The molecule has 1 amide bonds. The molecule has 7 rings (SSSR count). The van der Waals surface area contributed by atoms with Crippen LogP contribution in [0.2, 0.25) is 15.1 Å². The topological polar surface area (TPSA) is 136 Å². The molecule has 2 fully saturated rings. The van der Waals surface area contributed by atoms with E-state index in [2.05, 4.69) is 47.0 Å². The number of benzene rings is 4. The third-order valence-electron chi connectivity index (χ3n) is 9.30. The van der Waals surface area contributed by atoms with Gasteiger partial charge in [0.2, 0.25) is 15.9 Å². The Kier molecular flexibility index (Phi) is 11.1. The molecule has 9 nitrogen and oxygen atoms in total. The second-order valence-electron chi connectivity index (χ2n) is 12.8. The molecule has 1 aliphatic heterocycles. The lowest BCUT2D eigenvalue weighted by Crippen LogP contribution is -2.39. The lowest BCUT2D eigenvalue weighted by molar-refractivity contribution is -0.192.